The first-order valence-corrected chi connectivity index (χ1v) is 5.06. The molecular formula is C10H17NO. The Kier molecular flexibility index (Phi) is 2.07. The van der Waals surface area contributed by atoms with Gasteiger partial charge >= 0.3 is 0 Å². The molecule has 0 aromatic rings. The number of hydrogen-bond donors (Lipinski definition) is 0. The molecule has 0 N–H and O–H groups in total. The van der Waals surface area contributed by atoms with Gasteiger partial charge in [-0.2, -0.15) is 0 Å². The molecule has 1 aliphatic carbocycles. The van der Waals surface area contributed by atoms with Crippen molar-refractivity contribution < 1.29 is 4.79 Å². The Labute approximate surface area is 73.9 Å². The zero-order valence-corrected chi connectivity index (χ0v) is 7.75. The summed E-state index contributed by atoms with van der Waals surface area (Å²) in [6, 6.07) is 0.608. The first-order chi connectivity index (χ1) is 5.79. The summed E-state index contributed by atoms with van der Waals surface area (Å²) in [6.07, 6.45) is 6.57. The van der Waals surface area contributed by atoms with Crippen LogP contribution in [0.15, 0.2) is 0 Å². The van der Waals surface area contributed by atoms with Crippen molar-refractivity contribution in [2.24, 2.45) is 5.92 Å². The Hall–Kier alpha value is -0.530. The average Bonchev–Trinajstić information content (AvgIpc) is 2.31. The smallest absolute Gasteiger partial charge is 0.219 e. The fourth-order valence-corrected chi connectivity index (χ4v) is 2.50. The monoisotopic (exact) mass is 167 g/mol. The summed E-state index contributed by atoms with van der Waals surface area (Å²) in [5.41, 5.74) is 0. The maximum Gasteiger partial charge on any atom is 0.219 e. The van der Waals surface area contributed by atoms with E-state index in [1.807, 2.05) is 0 Å². The highest BCUT2D eigenvalue weighted by atomic mass is 16.2. The summed E-state index contributed by atoms with van der Waals surface area (Å²) in [5.74, 6) is 1.13. The Morgan fingerprint density at radius 2 is 2.00 bits per heavy atom. The maximum atomic E-state index is 11.2. The molecule has 12 heavy (non-hydrogen) atoms. The Balaban J connectivity index is 1.98. The third-order valence-corrected chi connectivity index (χ3v) is 3.40. The van der Waals surface area contributed by atoms with E-state index in [0.717, 1.165) is 12.5 Å². The fourth-order valence-electron chi connectivity index (χ4n) is 2.50. The van der Waals surface area contributed by atoms with E-state index in [9.17, 15) is 4.79 Å². The molecular weight excluding hydrogens is 150 g/mol. The number of hydrogen-bond acceptors (Lipinski definition) is 1. The van der Waals surface area contributed by atoms with E-state index in [4.69, 9.17) is 0 Å². The molecule has 2 rings (SSSR count). The molecule has 0 radical (unpaired) electrons. The second kappa shape index (κ2) is 3.08. The lowest BCUT2D eigenvalue weighted by atomic mass is 9.79. The van der Waals surface area contributed by atoms with Crippen LogP contribution < -0.4 is 0 Å². The standard InChI is InChI=1S/C10H17NO/c1-8(12)11-7-3-6-10(11)9-4-2-5-9/h9-10H,2-7H2,1H3. The lowest BCUT2D eigenvalue weighted by molar-refractivity contribution is -0.131. The van der Waals surface area contributed by atoms with E-state index in [0.29, 0.717) is 6.04 Å². The van der Waals surface area contributed by atoms with Crippen molar-refractivity contribution in [3.8, 4) is 0 Å². The molecule has 1 unspecified atom stereocenters. The summed E-state index contributed by atoms with van der Waals surface area (Å²) in [6.45, 7) is 2.72. The summed E-state index contributed by atoms with van der Waals surface area (Å²) in [4.78, 5) is 13.3. The van der Waals surface area contributed by atoms with Gasteiger partial charge in [-0.05, 0) is 31.6 Å². The minimum atomic E-state index is 0.282. The van der Waals surface area contributed by atoms with Gasteiger partial charge in [-0.15, -0.1) is 0 Å². The molecule has 1 saturated carbocycles. The maximum absolute atomic E-state index is 11.2. The van der Waals surface area contributed by atoms with Crippen LogP contribution in [0.25, 0.3) is 0 Å². The molecule has 2 nitrogen and oxygen atoms in total. The SMILES string of the molecule is CC(=O)N1CCCC1C1CCC1. The van der Waals surface area contributed by atoms with Gasteiger partial charge in [0, 0.05) is 19.5 Å². The van der Waals surface area contributed by atoms with E-state index < -0.39 is 0 Å². The second-order valence-electron chi connectivity index (χ2n) is 4.11. The zero-order chi connectivity index (χ0) is 8.55. The molecule has 0 aromatic carbocycles. The third-order valence-electron chi connectivity index (χ3n) is 3.40. The van der Waals surface area contributed by atoms with Gasteiger partial charge in [0.2, 0.25) is 5.91 Å². The van der Waals surface area contributed by atoms with Gasteiger partial charge in [-0.3, -0.25) is 4.79 Å². The van der Waals surface area contributed by atoms with Crippen LogP contribution in [-0.4, -0.2) is 23.4 Å². The molecule has 1 saturated heterocycles. The van der Waals surface area contributed by atoms with E-state index in [1.54, 1.807) is 6.92 Å². The average molecular weight is 167 g/mol. The van der Waals surface area contributed by atoms with Crippen LogP contribution in [0, 0.1) is 5.92 Å². The minimum absolute atomic E-state index is 0.282. The number of carbonyl (C=O) groups is 1. The van der Waals surface area contributed by atoms with Gasteiger partial charge in [0.05, 0.1) is 0 Å². The van der Waals surface area contributed by atoms with E-state index in [1.165, 1.54) is 32.1 Å². The van der Waals surface area contributed by atoms with Gasteiger partial charge < -0.3 is 4.90 Å². The van der Waals surface area contributed by atoms with Crippen molar-refractivity contribution in [3.63, 3.8) is 0 Å². The van der Waals surface area contributed by atoms with Crippen molar-refractivity contribution in [2.45, 2.75) is 45.1 Å². The minimum Gasteiger partial charge on any atom is -0.340 e. The lowest BCUT2D eigenvalue weighted by Gasteiger charge is -2.36. The number of rotatable bonds is 1. The van der Waals surface area contributed by atoms with E-state index >= 15 is 0 Å². The van der Waals surface area contributed by atoms with E-state index in [-0.39, 0.29) is 5.91 Å². The molecule has 2 heteroatoms. The highest BCUT2D eigenvalue weighted by Gasteiger charge is 2.35. The molecule has 68 valence electrons. The van der Waals surface area contributed by atoms with E-state index in [2.05, 4.69) is 4.90 Å². The number of carbonyl (C=O) groups excluding carboxylic acids is 1. The predicted octanol–water partition coefficient (Wildman–Crippen LogP) is 1.80. The van der Waals surface area contributed by atoms with Crippen LogP contribution >= 0.6 is 0 Å². The molecule has 0 bridgehead atoms. The quantitative estimate of drug-likeness (QED) is 0.583. The van der Waals surface area contributed by atoms with Crippen molar-refractivity contribution in [1.82, 2.24) is 4.90 Å². The topological polar surface area (TPSA) is 20.3 Å². The first-order valence-electron chi connectivity index (χ1n) is 5.06. The number of nitrogens with zero attached hydrogens (tertiary/aromatic N) is 1. The largest absolute Gasteiger partial charge is 0.340 e. The molecule has 2 fully saturated rings. The van der Waals surface area contributed by atoms with Crippen molar-refractivity contribution >= 4 is 5.91 Å². The molecule has 1 atom stereocenters. The highest BCUT2D eigenvalue weighted by Crippen LogP contribution is 2.36. The third kappa shape index (κ3) is 1.23. The number of likely N-dealkylation sites (tertiary alicyclic amines) is 1. The zero-order valence-electron chi connectivity index (χ0n) is 7.75. The van der Waals surface area contributed by atoms with Crippen LogP contribution in [0.2, 0.25) is 0 Å². The molecule has 0 spiro atoms. The summed E-state index contributed by atoms with van der Waals surface area (Å²) >= 11 is 0. The van der Waals surface area contributed by atoms with Crippen LogP contribution in [0.4, 0.5) is 0 Å². The van der Waals surface area contributed by atoms with Crippen molar-refractivity contribution in [3.05, 3.63) is 0 Å². The summed E-state index contributed by atoms with van der Waals surface area (Å²) < 4.78 is 0. The van der Waals surface area contributed by atoms with Gasteiger partial charge in [-0.1, -0.05) is 6.42 Å². The van der Waals surface area contributed by atoms with Gasteiger partial charge in [0.15, 0.2) is 0 Å². The number of amides is 1. The Bertz CT molecular complexity index is 186. The van der Waals surface area contributed by atoms with Crippen LogP contribution in [0.1, 0.15) is 39.0 Å². The Morgan fingerprint density at radius 1 is 1.25 bits per heavy atom. The van der Waals surface area contributed by atoms with Crippen molar-refractivity contribution in [2.75, 3.05) is 6.54 Å². The summed E-state index contributed by atoms with van der Waals surface area (Å²) in [5, 5.41) is 0. The summed E-state index contributed by atoms with van der Waals surface area (Å²) in [7, 11) is 0. The highest BCUT2D eigenvalue weighted by molar-refractivity contribution is 5.73. The van der Waals surface area contributed by atoms with Crippen LogP contribution in [0.3, 0.4) is 0 Å². The lowest BCUT2D eigenvalue weighted by Crippen LogP contribution is -2.41. The first kappa shape index (κ1) is 8.09. The molecule has 1 amide bonds. The van der Waals surface area contributed by atoms with Gasteiger partial charge in [0.25, 0.3) is 0 Å². The predicted molar refractivity (Wildman–Crippen MR) is 47.8 cm³/mol. The Morgan fingerprint density at radius 3 is 2.50 bits per heavy atom. The fraction of sp³-hybridized carbons (Fsp3) is 0.900. The van der Waals surface area contributed by atoms with Crippen LogP contribution in [0.5, 0.6) is 0 Å². The molecule has 2 aliphatic rings. The van der Waals surface area contributed by atoms with Crippen LogP contribution in [-0.2, 0) is 4.79 Å². The van der Waals surface area contributed by atoms with Crippen molar-refractivity contribution in [1.29, 1.82) is 0 Å². The van der Waals surface area contributed by atoms with Gasteiger partial charge in [0.1, 0.15) is 0 Å². The molecule has 0 aromatic heterocycles. The van der Waals surface area contributed by atoms with Gasteiger partial charge in [-0.25, -0.2) is 0 Å². The molecule has 1 aliphatic heterocycles. The molecule has 1 heterocycles. The second-order valence-corrected chi connectivity index (χ2v) is 4.11. The normalized spacial score (nSPS) is 30.4.